The molecule has 0 saturated heterocycles. The molecular weight excluding hydrogens is 232 g/mol. The molecule has 1 heterocycles. The summed E-state index contributed by atoms with van der Waals surface area (Å²) in [7, 11) is 0. The summed E-state index contributed by atoms with van der Waals surface area (Å²) in [5.41, 5.74) is 2.21. The van der Waals surface area contributed by atoms with Crippen LogP contribution < -0.4 is 5.32 Å². The lowest BCUT2D eigenvalue weighted by Crippen LogP contribution is -2.06. The first kappa shape index (κ1) is 11.5. The molecule has 0 atom stereocenters. The van der Waals surface area contributed by atoms with Gasteiger partial charge in [-0.15, -0.1) is 11.3 Å². The number of rotatable bonds is 3. The van der Waals surface area contributed by atoms with Gasteiger partial charge >= 0.3 is 0 Å². The number of nitrogens with zero attached hydrogens (tertiary/aromatic N) is 1. The fourth-order valence-corrected chi connectivity index (χ4v) is 1.81. The van der Waals surface area contributed by atoms with Crippen molar-refractivity contribution in [2.45, 2.75) is 6.92 Å². The normalized spacial score (nSPS) is 10.6. The van der Waals surface area contributed by atoms with E-state index in [1.807, 2.05) is 36.6 Å². The Balaban J connectivity index is 1.96. The number of hydrogen-bond acceptors (Lipinski definition) is 3. The molecule has 1 N–H and O–H groups in total. The molecule has 0 fully saturated rings. The first-order valence-electron chi connectivity index (χ1n) is 5.19. The SMILES string of the molecule is Cc1ccc(C=CC(=O)Nc2nccs2)cc1. The molecule has 4 heteroatoms. The van der Waals surface area contributed by atoms with Gasteiger partial charge in [0.15, 0.2) is 5.13 Å². The Morgan fingerprint density at radius 1 is 1.35 bits per heavy atom. The van der Waals surface area contributed by atoms with Crippen LogP contribution in [-0.2, 0) is 4.79 Å². The molecule has 0 aliphatic rings. The molecule has 3 nitrogen and oxygen atoms in total. The molecule has 0 spiro atoms. The monoisotopic (exact) mass is 244 g/mol. The summed E-state index contributed by atoms with van der Waals surface area (Å²) in [5.74, 6) is -0.166. The standard InChI is InChI=1S/C13H12N2OS/c1-10-2-4-11(5-3-10)6-7-12(16)15-13-14-8-9-17-13/h2-9H,1H3,(H,14,15,16). The molecule has 2 rings (SSSR count). The van der Waals surface area contributed by atoms with E-state index >= 15 is 0 Å². The second-order valence-corrected chi connectivity index (χ2v) is 4.47. The van der Waals surface area contributed by atoms with Crippen molar-refractivity contribution >= 4 is 28.5 Å². The van der Waals surface area contributed by atoms with E-state index in [9.17, 15) is 4.79 Å². The Kier molecular flexibility index (Phi) is 3.67. The van der Waals surface area contributed by atoms with Gasteiger partial charge in [0.2, 0.25) is 5.91 Å². The van der Waals surface area contributed by atoms with Gasteiger partial charge in [0, 0.05) is 17.7 Å². The zero-order valence-corrected chi connectivity index (χ0v) is 10.2. The number of aromatic nitrogens is 1. The molecule has 1 aromatic heterocycles. The minimum atomic E-state index is -0.166. The summed E-state index contributed by atoms with van der Waals surface area (Å²) < 4.78 is 0. The smallest absolute Gasteiger partial charge is 0.250 e. The van der Waals surface area contributed by atoms with Gasteiger partial charge in [0.25, 0.3) is 0 Å². The second kappa shape index (κ2) is 5.41. The molecule has 0 aliphatic heterocycles. The minimum Gasteiger partial charge on any atom is -0.298 e. The average Bonchev–Trinajstić information content (AvgIpc) is 2.81. The highest BCUT2D eigenvalue weighted by Crippen LogP contribution is 2.10. The first-order chi connectivity index (χ1) is 8.24. The molecule has 2 aromatic rings. The Hall–Kier alpha value is -1.94. The van der Waals surface area contributed by atoms with E-state index in [-0.39, 0.29) is 5.91 Å². The summed E-state index contributed by atoms with van der Waals surface area (Å²) >= 11 is 1.40. The lowest BCUT2D eigenvalue weighted by Gasteiger charge is -1.96. The van der Waals surface area contributed by atoms with Crippen LogP contribution in [0.1, 0.15) is 11.1 Å². The third kappa shape index (κ3) is 3.53. The van der Waals surface area contributed by atoms with Crippen molar-refractivity contribution < 1.29 is 4.79 Å². The molecule has 86 valence electrons. The minimum absolute atomic E-state index is 0.166. The molecule has 0 bridgehead atoms. The summed E-state index contributed by atoms with van der Waals surface area (Å²) in [6.45, 7) is 2.03. The number of hydrogen-bond donors (Lipinski definition) is 1. The Morgan fingerprint density at radius 3 is 2.76 bits per heavy atom. The van der Waals surface area contributed by atoms with Crippen molar-refractivity contribution in [2.24, 2.45) is 0 Å². The van der Waals surface area contributed by atoms with Crippen LogP contribution in [0.15, 0.2) is 41.9 Å². The van der Waals surface area contributed by atoms with Crippen molar-refractivity contribution in [3.63, 3.8) is 0 Å². The molecule has 0 radical (unpaired) electrons. The van der Waals surface area contributed by atoms with Crippen molar-refractivity contribution in [1.82, 2.24) is 4.98 Å². The second-order valence-electron chi connectivity index (χ2n) is 3.57. The lowest BCUT2D eigenvalue weighted by molar-refractivity contribution is -0.111. The number of benzene rings is 1. The Morgan fingerprint density at radius 2 is 2.12 bits per heavy atom. The van der Waals surface area contributed by atoms with Gasteiger partial charge in [0.1, 0.15) is 0 Å². The van der Waals surface area contributed by atoms with Gasteiger partial charge in [-0.2, -0.15) is 0 Å². The number of thiazole rings is 1. The van der Waals surface area contributed by atoms with Crippen LogP contribution in [0.3, 0.4) is 0 Å². The third-order valence-corrected chi connectivity index (χ3v) is 2.86. The van der Waals surface area contributed by atoms with E-state index in [1.54, 1.807) is 12.3 Å². The topological polar surface area (TPSA) is 42.0 Å². The van der Waals surface area contributed by atoms with Crippen LogP contribution in [-0.4, -0.2) is 10.9 Å². The predicted octanol–water partition coefficient (Wildman–Crippen LogP) is 3.10. The van der Waals surface area contributed by atoms with Gasteiger partial charge < -0.3 is 0 Å². The van der Waals surface area contributed by atoms with Gasteiger partial charge in [-0.3, -0.25) is 10.1 Å². The van der Waals surface area contributed by atoms with E-state index in [1.165, 1.54) is 23.0 Å². The van der Waals surface area contributed by atoms with Gasteiger partial charge in [-0.1, -0.05) is 29.8 Å². The number of carbonyl (C=O) groups is 1. The molecule has 17 heavy (non-hydrogen) atoms. The maximum atomic E-state index is 11.5. The largest absolute Gasteiger partial charge is 0.298 e. The number of amides is 1. The van der Waals surface area contributed by atoms with E-state index < -0.39 is 0 Å². The molecular formula is C13H12N2OS. The molecule has 1 aromatic carbocycles. The summed E-state index contributed by atoms with van der Waals surface area (Å²) in [5, 5.41) is 5.12. The van der Waals surface area contributed by atoms with Crippen LogP contribution in [0, 0.1) is 6.92 Å². The number of anilines is 1. The van der Waals surface area contributed by atoms with Gasteiger partial charge in [-0.05, 0) is 18.6 Å². The fourth-order valence-electron chi connectivity index (χ4n) is 1.28. The van der Waals surface area contributed by atoms with E-state index in [0.29, 0.717) is 5.13 Å². The van der Waals surface area contributed by atoms with Crippen LogP contribution in [0.2, 0.25) is 0 Å². The highest BCUT2D eigenvalue weighted by atomic mass is 32.1. The van der Waals surface area contributed by atoms with E-state index in [0.717, 1.165) is 5.56 Å². The van der Waals surface area contributed by atoms with Crippen LogP contribution in [0.5, 0.6) is 0 Å². The third-order valence-electron chi connectivity index (χ3n) is 2.17. The molecule has 0 saturated carbocycles. The van der Waals surface area contributed by atoms with E-state index in [2.05, 4.69) is 10.3 Å². The summed E-state index contributed by atoms with van der Waals surface area (Å²) in [4.78, 5) is 15.5. The quantitative estimate of drug-likeness (QED) is 0.843. The van der Waals surface area contributed by atoms with Crippen molar-refractivity contribution in [3.8, 4) is 0 Å². The molecule has 0 unspecified atom stereocenters. The highest BCUT2D eigenvalue weighted by molar-refractivity contribution is 7.13. The Bertz CT molecular complexity index is 515. The Labute approximate surface area is 104 Å². The maximum absolute atomic E-state index is 11.5. The van der Waals surface area contributed by atoms with Crippen LogP contribution in [0.4, 0.5) is 5.13 Å². The van der Waals surface area contributed by atoms with Crippen LogP contribution >= 0.6 is 11.3 Å². The zero-order valence-electron chi connectivity index (χ0n) is 9.38. The van der Waals surface area contributed by atoms with Crippen LogP contribution in [0.25, 0.3) is 6.08 Å². The fraction of sp³-hybridized carbons (Fsp3) is 0.0769. The van der Waals surface area contributed by atoms with Crippen molar-refractivity contribution in [2.75, 3.05) is 5.32 Å². The van der Waals surface area contributed by atoms with E-state index in [4.69, 9.17) is 0 Å². The lowest BCUT2D eigenvalue weighted by atomic mass is 10.1. The first-order valence-corrected chi connectivity index (χ1v) is 6.07. The van der Waals surface area contributed by atoms with Crippen molar-refractivity contribution in [3.05, 3.63) is 53.0 Å². The van der Waals surface area contributed by atoms with Gasteiger partial charge in [-0.25, -0.2) is 4.98 Å². The predicted molar refractivity (Wildman–Crippen MR) is 71.0 cm³/mol. The molecule has 0 aliphatic carbocycles. The zero-order chi connectivity index (χ0) is 12.1. The maximum Gasteiger partial charge on any atom is 0.250 e. The van der Waals surface area contributed by atoms with Crippen molar-refractivity contribution in [1.29, 1.82) is 0 Å². The summed E-state index contributed by atoms with van der Waals surface area (Å²) in [6.07, 6.45) is 4.94. The number of nitrogens with one attached hydrogen (secondary N) is 1. The highest BCUT2D eigenvalue weighted by Gasteiger charge is 1.98. The van der Waals surface area contributed by atoms with Gasteiger partial charge in [0.05, 0.1) is 0 Å². The number of carbonyl (C=O) groups excluding carboxylic acids is 1. The average molecular weight is 244 g/mol. The summed E-state index contributed by atoms with van der Waals surface area (Å²) in [6, 6.07) is 7.97. The molecule has 1 amide bonds. The number of aryl methyl sites for hydroxylation is 1.